The highest BCUT2D eigenvalue weighted by Gasteiger charge is 2.13. The van der Waals surface area contributed by atoms with Gasteiger partial charge in [0.1, 0.15) is 5.75 Å². The smallest absolute Gasteiger partial charge is 0.411 e. The lowest BCUT2D eigenvalue weighted by Crippen LogP contribution is -2.11. The highest BCUT2D eigenvalue weighted by molar-refractivity contribution is 5.88. The first-order valence-electron chi connectivity index (χ1n) is 10.7. The zero-order valence-corrected chi connectivity index (χ0v) is 18.3. The molecule has 3 aromatic carbocycles. The molecule has 1 amide bonds. The van der Waals surface area contributed by atoms with E-state index in [1.165, 1.54) is 0 Å². The summed E-state index contributed by atoms with van der Waals surface area (Å²) in [7, 11) is 0. The number of amides is 1. The maximum atomic E-state index is 12.1. The lowest BCUT2D eigenvalue weighted by Gasteiger charge is -2.13. The molecule has 9 nitrogen and oxygen atoms in total. The summed E-state index contributed by atoms with van der Waals surface area (Å²) in [4.78, 5) is 30.3. The van der Waals surface area contributed by atoms with Gasteiger partial charge in [0.25, 0.3) is 5.56 Å². The van der Waals surface area contributed by atoms with Crippen molar-refractivity contribution in [3.05, 3.63) is 82.3 Å². The molecule has 0 bridgehead atoms. The number of carbonyl (C=O) groups is 1. The van der Waals surface area contributed by atoms with Crippen LogP contribution in [0.25, 0.3) is 32.9 Å². The molecule has 0 atom stereocenters. The number of rotatable bonds is 6. The van der Waals surface area contributed by atoms with E-state index < -0.39 is 6.09 Å². The minimum absolute atomic E-state index is 0.162. The lowest BCUT2D eigenvalue weighted by molar-refractivity contribution is 0.209. The molecule has 0 fully saturated rings. The number of benzene rings is 3. The summed E-state index contributed by atoms with van der Waals surface area (Å²) in [6, 6.07) is 19.0. The third kappa shape index (κ3) is 4.06. The highest BCUT2D eigenvalue weighted by atomic mass is 16.5. The topological polar surface area (TPSA) is 133 Å². The molecule has 0 aliphatic carbocycles. The maximum Gasteiger partial charge on any atom is 0.411 e. The number of hydrogen-bond acceptors (Lipinski definition) is 5. The Morgan fingerprint density at radius 1 is 1.09 bits per heavy atom. The summed E-state index contributed by atoms with van der Waals surface area (Å²) in [5.41, 5.74) is 4.66. The summed E-state index contributed by atoms with van der Waals surface area (Å²) in [5, 5.41) is 19.5. The van der Waals surface area contributed by atoms with E-state index >= 15 is 0 Å². The number of imidazole rings is 1. The Bertz CT molecular complexity index is 1590. The van der Waals surface area contributed by atoms with Crippen LogP contribution in [0.4, 0.5) is 10.7 Å². The van der Waals surface area contributed by atoms with E-state index in [4.69, 9.17) is 9.84 Å². The normalized spacial score (nSPS) is 11.1. The van der Waals surface area contributed by atoms with Gasteiger partial charge in [-0.15, -0.1) is 0 Å². The summed E-state index contributed by atoms with van der Waals surface area (Å²) < 4.78 is 5.87. The third-order valence-corrected chi connectivity index (χ3v) is 5.51. The first-order valence-corrected chi connectivity index (χ1v) is 10.7. The Labute approximate surface area is 193 Å². The van der Waals surface area contributed by atoms with E-state index in [0.29, 0.717) is 29.4 Å². The average Bonchev–Trinajstić information content (AvgIpc) is 3.23. The SMILES string of the molecule is CCOc1ccc(Cc2n[nH]c(=O)c3ccccc23)cc1-c1ccc2[nH]c(NC(=O)O)nc2c1. The Hall–Kier alpha value is -4.66. The van der Waals surface area contributed by atoms with Crippen LogP contribution < -0.4 is 15.6 Å². The number of fused-ring (bicyclic) bond motifs is 2. The molecule has 2 heterocycles. The van der Waals surface area contributed by atoms with Crippen molar-refractivity contribution < 1.29 is 14.6 Å². The van der Waals surface area contributed by atoms with Gasteiger partial charge in [-0.3, -0.25) is 10.1 Å². The van der Waals surface area contributed by atoms with Gasteiger partial charge < -0.3 is 14.8 Å². The Morgan fingerprint density at radius 3 is 2.71 bits per heavy atom. The van der Waals surface area contributed by atoms with Crippen molar-refractivity contribution in [2.75, 3.05) is 11.9 Å². The molecule has 0 saturated carbocycles. The molecule has 0 unspecified atom stereocenters. The lowest BCUT2D eigenvalue weighted by atomic mass is 9.98. The summed E-state index contributed by atoms with van der Waals surface area (Å²) in [6.45, 7) is 2.44. The zero-order valence-electron chi connectivity index (χ0n) is 18.3. The predicted molar refractivity (Wildman–Crippen MR) is 130 cm³/mol. The number of hydrogen-bond donors (Lipinski definition) is 4. The summed E-state index contributed by atoms with van der Waals surface area (Å²) in [6.07, 6.45) is -0.664. The number of H-pyrrole nitrogens is 2. The van der Waals surface area contributed by atoms with Gasteiger partial charge in [-0.05, 0) is 48.4 Å². The second kappa shape index (κ2) is 8.70. The summed E-state index contributed by atoms with van der Waals surface area (Å²) in [5.74, 6) is 0.888. The zero-order chi connectivity index (χ0) is 23.7. The van der Waals surface area contributed by atoms with E-state index in [-0.39, 0.29) is 11.5 Å². The van der Waals surface area contributed by atoms with E-state index in [1.54, 1.807) is 6.07 Å². The van der Waals surface area contributed by atoms with Crippen LogP contribution in [0, 0.1) is 0 Å². The van der Waals surface area contributed by atoms with Gasteiger partial charge in [0.2, 0.25) is 5.95 Å². The number of nitrogens with zero attached hydrogens (tertiary/aromatic N) is 2. The van der Waals surface area contributed by atoms with Crippen molar-refractivity contribution in [2.45, 2.75) is 13.3 Å². The Balaban J connectivity index is 1.56. The highest BCUT2D eigenvalue weighted by Crippen LogP contribution is 2.34. The van der Waals surface area contributed by atoms with Crippen molar-refractivity contribution in [2.24, 2.45) is 0 Å². The maximum absolute atomic E-state index is 12.1. The monoisotopic (exact) mass is 455 g/mol. The average molecular weight is 455 g/mol. The fourth-order valence-electron chi connectivity index (χ4n) is 4.03. The fourth-order valence-corrected chi connectivity index (χ4v) is 4.03. The fraction of sp³-hybridized carbons (Fsp3) is 0.120. The van der Waals surface area contributed by atoms with E-state index in [2.05, 4.69) is 25.5 Å². The molecule has 0 spiro atoms. The minimum atomic E-state index is -1.19. The quantitative estimate of drug-likeness (QED) is 0.297. The molecule has 0 aliphatic rings. The molecular formula is C25H21N5O4. The van der Waals surface area contributed by atoms with E-state index in [1.807, 2.05) is 61.5 Å². The number of aromatic amines is 2. The molecular weight excluding hydrogens is 434 g/mol. The molecule has 0 radical (unpaired) electrons. The Kier molecular flexibility index (Phi) is 5.43. The second-order valence-corrected chi connectivity index (χ2v) is 7.73. The number of carboxylic acid groups (broad SMARTS) is 1. The molecule has 5 rings (SSSR count). The van der Waals surface area contributed by atoms with Gasteiger partial charge in [-0.1, -0.05) is 30.3 Å². The summed E-state index contributed by atoms with van der Waals surface area (Å²) >= 11 is 0. The molecule has 0 saturated heterocycles. The molecule has 2 aromatic heterocycles. The second-order valence-electron chi connectivity index (χ2n) is 7.73. The van der Waals surface area contributed by atoms with Crippen LogP contribution >= 0.6 is 0 Å². The van der Waals surface area contributed by atoms with Crippen LogP contribution in [0.1, 0.15) is 18.2 Å². The van der Waals surface area contributed by atoms with Crippen molar-refractivity contribution >= 4 is 33.8 Å². The van der Waals surface area contributed by atoms with Crippen LogP contribution in [0.2, 0.25) is 0 Å². The minimum Gasteiger partial charge on any atom is -0.493 e. The van der Waals surface area contributed by atoms with Gasteiger partial charge in [0, 0.05) is 17.4 Å². The molecule has 34 heavy (non-hydrogen) atoms. The van der Waals surface area contributed by atoms with Crippen molar-refractivity contribution in [1.29, 1.82) is 0 Å². The Morgan fingerprint density at radius 2 is 1.91 bits per heavy atom. The van der Waals surface area contributed by atoms with Crippen molar-refractivity contribution in [1.82, 2.24) is 20.2 Å². The number of nitrogens with one attached hydrogen (secondary N) is 3. The largest absolute Gasteiger partial charge is 0.493 e. The molecule has 5 aromatic rings. The van der Waals surface area contributed by atoms with Gasteiger partial charge in [-0.25, -0.2) is 14.9 Å². The molecule has 9 heteroatoms. The number of anilines is 1. The van der Waals surface area contributed by atoms with Crippen LogP contribution in [0.5, 0.6) is 5.75 Å². The van der Waals surface area contributed by atoms with Crippen molar-refractivity contribution in [3.63, 3.8) is 0 Å². The van der Waals surface area contributed by atoms with Gasteiger partial charge in [0.05, 0.1) is 28.7 Å². The van der Waals surface area contributed by atoms with E-state index in [9.17, 15) is 9.59 Å². The molecule has 0 aliphatic heterocycles. The van der Waals surface area contributed by atoms with Gasteiger partial charge >= 0.3 is 6.09 Å². The van der Waals surface area contributed by atoms with Crippen LogP contribution in [-0.4, -0.2) is 38.0 Å². The number of ether oxygens (including phenoxy) is 1. The van der Waals surface area contributed by atoms with Crippen LogP contribution in [0.15, 0.2) is 65.5 Å². The number of aromatic nitrogens is 4. The first kappa shape index (κ1) is 21.2. The predicted octanol–water partition coefficient (Wildman–Crippen LogP) is 4.55. The van der Waals surface area contributed by atoms with Gasteiger partial charge in [0.15, 0.2) is 0 Å². The first-order chi connectivity index (χ1) is 16.5. The standard InChI is InChI=1S/C25H21N5O4/c1-2-34-22-10-7-14(12-20-16-5-3-4-6-17(16)23(31)30-29-20)11-18(22)15-8-9-19-21(13-15)27-24(26-19)28-25(32)33/h3-11,13H,2,12H2,1H3,(H,30,31)(H,32,33)(H2,26,27,28). The van der Waals surface area contributed by atoms with Crippen LogP contribution in [-0.2, 0) is 6.42 Å². The molecule has 4 N–H and O–H groups in total. The van der Waals surface area contributed by atoms with Gasteiger partial charge in [-0.2, -0.15) is 5.10 Å². The van der Waals surface area contributed by atoms with E-state index in [0.717, 1.165) is 33.5 Å². The molecule has 170 valence electrons. The third-order valence-electron chi connectivity index (χ3n) is 5.51. The van der Waals surface area contributed by atoms with Crippen molar-refractivity contribution in [3.8, 4) is 16.9 Å². The van der Waals surface area contributed by atoms with Crippen LogP contribution in [0.3, 0.4) is 0 Å².